The van der Waals surface area contributed by atoms with Crippen molar-refractivity contribution in [3.63, 3.8) is 0 Å². The monoisotopic (exact) mass is 223 g/mol. The number of hydrogen-bond donors (Lipinski definition) is 4. The van der Waals surface area contributed by atoms with E-state index in [1.54, 1.807) is 0 Å². The van der Waals surface area contributed by atoms with Gasteiger partial charge in [0.2, 0.25) is 5.91 Å². The number of hydrogen-bond acceptors (Lipinski definition) is 4. The van der Waals surface area contributed by atoms with E-state index in [1.165, 1.54) is 0 Å². The summed E-state index contributed by atoms with van der Waals surface area (Å²) >= 11 is 0. The number of aliphatic hydroxyl groups is 1. The van der Waals surface area contributed by atoms with Crippen molar-refractivity contribution >= 4 is 5.91 Å². The van der Waals surface area contributed by atoms with Gasteiger partial charge in [-0.25, -0.2) is 0 Å². The molecule has 1 aromatic rings. The van der Waals surface area contributed by atoms with Crippen LogP contribution in [-0.4, -0.2) is 30.1 Å². The zero-order valence-electron chi connectivity index (χ0n) is 8.97. The molecule has 16 heavy (non-hydrogen) atoms. The first-order chi connectivity index (χ1) is 7.61. The van der Waals surface area contributed by atoms with E-state index in [4.69, 9.17) is 11.5 Å². The maximum Gasteiger partial charge on any atom is 0.235 e. The molecule has 0 saturated carbocycles. The van der Waals surface area contributed by atoms with Crippen molar-refractivity contribution in [3.8, 4) is 0 Å². The lowest BCUT2D eigenvalue weighted by atomic mass is 10.1. The van der Waals surface area contributed by atoms with E-state index in [-0.39, 0.29) is 6.54 Å². The zero-order valence-corrected chi connectivity index (χ0v) is 8.97. The van der Waals surface area contributed by atoms with Gasteiger partial charge in [0.25, 0.3) is 0 Å². The summed E-state index contributed by atoms with van der Waals surface area (Å²) in [5, 5.41) is 12.6. The van der Waals surface area contributed by atoms with Crippen molar-refractivity contribution in [2.24, 2.45) is 11.5 Å². The summed E-state index contributed by atoms with van der Waals surface area (Å²) in [7, 11) is 0. The third-order valence-corrected chi connectivity index (χ3v) is 2.25. The molecule has 6 N–H and O–H groups in total. The molecular weight excluding hydrogens is 206 g/mol. The van der Waals surface area contributed by atoms with Gasteiger partial charge < -0.3 is 21.9 Å². The van der Waals surface area contributed by atoms with Crippen LogP contribution in [0.3, 0.4) is 0 Å². The maximum absolute atomic E-state index is 10.6. The van der Waals surface area contributed by atoms with Gasteiger partial charge >= 0.3 is 0 Å². The quantitative estimate of drug-likeness (QED) is 0.503. The molecule has 2 unspecified atom stereocenters. The summed E-state index contributed by atoms with van der Waals surface area (Å²) in [4.78, 5) is 10.6. The van der Waals surface area contributed by atoms with Gasteiger partial charge in [-0.05, 0) is 5.56 Å². The van der Waals surface area contributed by atoms with Gasteiger partial charge in [0.1, 0.15) is 0 Å². The van der Waals surface area contributed by atoms with Crippen LogP contribution in [0.25, 0.3) is 0 Å². The van der Waals surface area contributed by atoms with Gasteiger partial charge in [-0.15, -0.1) is 0 Å². The lowest BCUT2D eigenvalue weighted by Gasteiger charge is -2.13. The van der Waals surface area contributed by atoms with Gasteiger partial charge in [-0.2, -0.15) is 0 Å². The second-order valence-corrected chi connectivity index (χ2v) is 3.59. The number of amides is 1. The van der Waals surface area contributed by atoms with E-state index in [9.17, 15) is 9.90 Å². The fraction of sp³-hybridized carbons (Fsp3) is 0.364. The molecule has 2 atom stereocenters. The largest absolute Gasteiger partial charge is 0.387 e. The molecule has 1 aromatic carbocycles. The van der Waals surface area contributed by atoms with Crippen LogP contribution in [0.2, 0.25) is 0 Å². The number of nitrogens with two attached hydrogens (primary N) is 2. The SMILES string of the molecule is NC(=O)C(N)CNCC(O)c1ccccc1. The van der Waals surface area contributed by atoms with Crippen LogP contribution in [0.5, 0.6) is 0 Å². The Morgan fingerprint density at radius 1 is 1.31 bits per heavy atom. The van der Waals surface area contributed by atoms with Gasteiger partial charge in [-0.1, -0.05) is 30.3 Å². The Kier molecular flexibility index (Phi) is 4.91. The molecule has 88 valence electrons. The second-order valence-electron chi connectivity index (χ2n) is 3.59. The number of rotatable bonds is 6. The Labute approximate surface area is 94.4 Å². The number of aliphatic hydroxyl groups excluding tert-OH is 1. The second kappa shape index (κ2) is 6.22. The lowest BCUT2D eigenvalue weighted by Crippen LogP contribution is -2.45. The van der Waals surface area contributed by atoms with E-state index < -0.39 is 18.1 Å². The van der Waals surface area contributed by atoms with Gasteiger partial charge in [-0.3, -0.25) is 4.79 Å². The van der Waals surface area contributed by atoms with E-state index in [1.807, 2.05) is 30.3 Å². The predicted molar refractivity (Wildman–Crippen MR) is 61.4 cm³/mol. The number of primary amides is 1. The van der Waals surface area contributed by atoms with Crippen molar-refractivity contribution in [2.75, 3.05) is 13.1 Å². The van der Waals surface area contributed by atoms with Crippen molar-refractivity contribution in [3.05, 3.63) is 35.9 Å². The highest BCUT2D eigenvalue weighted by molar-refractivity contribution is 5.79. The fourth-order valence-electron chi connectivity index (χ4n) is 1.27. The minimum Gasteiger partial charge on any atom is -0.387 e. The molecule has 0 heterocycles. The van der Waals surface area contributed by atoms with Crippen LogP contribution in [0.15, 0.2) is 30.3 Å². The minimum atomic E-state index is -0.719. The highest BCUT2D eigenvalue weighted by Crippen LogP contribution is 2.10. The molecule has 0 aliphatic rings. The number of carbonyl (C=O) groups is 1. The third kappa shape index (κ3) is 3.98. The predicted octanol–water partition coefficient (Wildman–Crippen LogP) is -0.878. The molecule has 1 amide bonds. The molecule has 0 saturated heterocycles. The van der Waals surface area contributed by atoms with Crippen LogP contribution < -0.4 is 16.8 Å². The maximum atomic E-state index is 10.6. The molecule has 0 aliphatic heterocycles. The molecule has 0 radical (unpaired) electrons. The van der Waals surface area contributed by atoms with E-state index in [0.717, 1.165) is 5.56 Å². The van der Waals surface area contributed by atoms with Crippen LogP contribution >= 0.6 is 0 Å². The van der Waals surface area contributed by atoms with Crippen LogP contribution in [0.1, 0.15) is 11.7 Å². The minimum absolute atomic E-state index is 0.263. The van der Waals surface area contributed by atoms with Crippen LogP contribution in [-0.2, 0) is 4.79 Å². The molecule has 0 aromatic heterocycles. The van der Waals surface area contributed by atoms with Crippen molar-refractivity contribution in [1.82, 2.24) is 5.32 Å². The molecular formula is C11H17N3O2. The molecule has 0 fully saturated rings. The van der Waals surface area contributed by atoms with E-state index >= 15 is 0 Å². The molecule has 1 rings (SSSR count). The Bertz CT molecular complexity index is 329. The van der Waals surface area contributed by atoms with Gasteiger partial charge in [0.05, 0.1) is 12.1 Å². The first kappa shape index (κ1) is 12.6. The van der Waals surface area contributed by atoms with Crippen molar-refractivity contribution in [2.45, 2.75) is 12.1 Å². The normalized spacial score (nSPS) is 14.4. The average Bonchev–Trinajstić information content (AvgIpc) is 2.29. The summed E-state index contributed by atoms with van der Waals surface area (Å²) in [5.74, 6) is -0.554. The highest BCUT2D eigenvalue weighted by Gasteiger charge is 2.10. The van der Waals surface area contributed by atoms with Gasteiger partial charge in [0.15, 0.2) is 0 Å². The van der Waals surface area contributed by atoms with Gasteiger partial charge in [0, 0.05) is 13.1 Å². The Morgan fingerprint density at radius 3 is 2.50 bits per heavy atom. The van der Waals surface area contributed by atoms with E-state index in [2.05, 4.69) is 5.32 Å². The Balaban J connectivity index is 2.31. The summed E-state index contributed by atoms with van der Waals surface area (Å²) in [6.45, 7) is 0.601. The number of benzene rings is 1. The molecule has 5 nitrogen and oxygen atoms in total. The Hall–Kier alpha value is -1.43. The first-order valence-corrected chi connectivity index (χ1v) is 5.10. The molecule has 0 aliphatic carbocycles. The standard InChI is InChI=1S/C11H17N3O2/c12-9(11(13)16)6-14-7-10(15)8-4-2-1-3-5-8/h1-5,9-10,14-15H,6-7,12H2,(H2,13,16). The van der Waals surface area contributed by atoms with Crippen LogP contribution in [0.4, 0.5) is 0 Å². The topological polar surface area (TPSA) is 101 Å². The zero-order chi connectivity index (χ0) is 12.0. The average molecular weight is 223 g/mol. The van der Waals surface area contributed by atoms with Crippen molar-refractivity contribution < 1.29 is 9.90 Å². The first-order valence-electron chi connectivity index (χ1n) is 5.10. The summed E-state index contributed by atoms with van der Waals surface area (Å²) in [6.07, 6.45) is -0.610. The highest BCUT2D eigenvalue weighted by atomic mass is 16.3. The van der Waals surface area contributed by atoms with E-state index in [0.29, 0.717) is 6.54 Å². The fourth-order valence-corrected chi connectivity index (χ4v) is 1.27. The smallest absolute Gasteiger partial charge is 0.235 e. The third-order valence-electron chi connectivity index (χ3n) is 2.25. The lowest BCUT2D eigenvalue weighted by molar-refractivity contribution is -0.119. The number of carbonyl (C=O) groups excluding carboxylic acids is 1. The van der Waals surface area contributed by atoms with Crippen molar-refractivity contribution in [1.29, 1.82) is 0 Å². The summed E-state index contributed by atoms with van der Waals surface area (Å²) in [6, 6.07) is 8.54. The molecule has 0 spiro atoms. The summed E-state index contributed by atoms with van der Waals surface area (Å²) < 4.78 is 0. The molecule has 0 bridgehead atoms. The molecule has 5 heteroatoms. The van der Waals surface area contributed by atoms with Crippen LogP contribution in [0, 0.1) is 0 Å². The Morgan fingerprint density at radius 2 is 1.94 bits per heavy atom. The number of nitrogens with one attached hydrogen (secondary N) is 1. The summed E-state index contributed by atoms with van der Waals surface area (Å²) in [5.41, 5.74) is 11.2.